The van der Waals surface area contributed by atoms with E-state index in [-0.39, 0.29) is 11.5 Å². The summed E-state index contributed by atoms with van der Waals surface area (Å²) in [6.45, 7) is 1.89. The third kappa shape index (κ3) is 4.71. The summed E-state index contributed by atoms with van der Waals surface area (Å²) in [6, 6.07) is 9.20. The fourth-order valence-corrected chi connectivity index (χ4v) is 3.21. The normalized spacial score (nSPS) is 10.5. The van der Waals surface area contributed by atoms with Crippen LogP contribution in [0.1, 0.15) is 16.1 Å². The topological polar surface area (TPSA) is 132 Å². The zero-order valence-corrected chi connectivity index (χ0v) is 18.6. The maximum atomic E-state index is 12.5. The third-order valence-electron chi connectivity index (χ3n) is 4.73. The molecule has 3 N–H and O–H groups in total. The predicted molar refractivity (Wildman–Crippen MR) is 124 cm³/mol. The number of nitrogens with one attached hydrogen (secondary N) is 3. The molecule has 0 unspecified atom stereocenters. The monoisotopic (exact) mass is 445 g/mol. The number of hydrogen-bond acceptors (Lipinski definition) is 9. The zero-order chi connectivity index (χ0) is 23.4. The highest BCUT2D eigenvalue weighted by Crippen LogP contribution is 2.36. The van der Waals surface area contributed by atoms with E-state index >= 15 is 0 Å². The van der Waals surface area contributed by atoms with Crippen molar-refractivity contribution in [2.24, 2.45) is 7.05 Å². The van der Waals surface area contributed by atoms with Gasteiger partial charge in [-0.1, -0.05) is 6.07 Å². The SMILES string of the molecule is CNC(=O)c1cnc(Nc2ccnc(C)c2)nc1Nc1cccc(-c2ncn(C)n2)c1OC. The lowest BCUT2D eigenvalue weighted by Crippen LogP contribution is -2.20. The summed E-state index contributed by atoms with van der Waals surface area (Å²) in [5.74, 6) is 1.33. The maximum absolute atomic E-state index is 12.5. The molecule has 0 saturated carbocycles. The molecule has 3 aromatic heterocycles. The number of para-hydroxylation sites is 1. The summed E-state index contributed by atoms with van der Waals surface area (Å²) in [5.41, 5.74) is 3.20. The van der Waals surface area contributed by atoms with Crippen molar-refractivity contribution in [3.8, 4) is 17.1 Å². The molecule has 0 aliphatic rings. The van der Waals surface area contributed by atoms with E-state index in [0.29, 0.717) is 34.6 Å². The summed E-state index contributed by atoms with van der Waals surface area (Å²) in [7, 11) is 4.90. The number of aromatic nitrogens is 6. The minimum Gasteiger partial charge on any atom is -0.494 e. The zero-order valence-electron chi connectivity index (χ0n) is 18.6. The Kier molecular flexibility index (Phi) is 6.11. The molecule has 168 valence electrons. The van der Waals surface area contributed by atoms with Crippen molar-refractivity contribution in [2.45, 2.75) is 6.92 Å². The van der Waals surface area contributed by atoms with Crippen LogP contribution in [0.15, 0.2) is 49.1 Å². The average molecular weight is 445 g/mol. The number of benzene rings is 1. The van der Waals surface area contributed by atoms with Crippen LogP contribution in [0, 0.1) is 6.92 Å². The number of carbonyl (C=O) groups is 1. The standard InChI is InChI=1S/C22H23N9O2/c1-13-10-14(8-9-24-13)27-22-25-11-16(21(32)23-2)20(29-22)28-17-7-5-6-15(18(17)33-4)19-26-12-31(3)30-19/h5-12H,1-4H3,(H,23,32)(H2,24,25,27,28,29). The Morgan fingerprint density at radius 2 is 1.97 bits per heavy atom. The molecular formula is C22H23N9O2. The molecule has 0 spiro atoms. The van der Waals surface area contributed by atoms with Crippen LogP contribution in [0.5, 0.6) is 5.75 Å². The summed E-state index contributed by atoms with van der Waals surface area (Å²) < 4.78 is 7.27. The highest BCUT2D eigenvalue weighted by Gasteiger charge is 2.19. The van der Waals surface area contributed by atoms with Crippen molar-refractivity contribution in [3.63, 3.8) is 0 Å². The van der Waals surface area contributed by atoms with Gasteiger partial charge < -0.3 is 20.7 Å². The molecule has 0 fully saturated rings. The quantitative estimate of drug-likeness (QED) is 0.393. The van der Waals surface area contributed by atoms with Crippen LogP contribution in [-0.2, 0) is 7.05 Å². The van der Waals surface area contributed by atoms with Gasteiger partial charge in [-0.15, -0.1) is 0 Å². The second kappa shape index (κ2) is 9.30. The van der Waals surface area contributed by atoms with E-state index in [2.05, 4.69) is 41.0 Å². The Labute approximate surface area is 190 Å². The van der Waals surface area contributed by atoms with E-state index < -0.39 is 0 Å². The number of amides is 1. The number of pyridine rings is 1. The molecule has 11 nitrogen and oxygen atoms in total. The van der Waals surface area contributed by atoms with Gasteiger partial charge in [0.2, 0.25) is 5.95 Å². The van der Waals surface area contributed by atoms with Crippen molar-refractivity contribution in [2.75, 3.05) is 24.8 Å². The maximum Gasteiger partial charge on any atom is 0.256 e. The van der Waals surface area contributed by atoms with Gasteiger partial charge in [0, 0.05) is 37.9 Å². The summed E-state index contributed by atoms with van der Waals surface area (Å²) in [4.78, 5) is 29.8. The molecule has 11 heteroatoms. The molecule has 3 heterocycles. The van der Waals surface area contributed by atoms with E-state index in [0.717, 1.165) is 11.4 Å². The fourth-order valence-electron chi connectivity index (χ4n) is 3.21. The molecule has 0 atom stereocenters. The van der Waals surface area contributed by atoms with Crippen molar-refractivity contribution in [1.29, 1.82) is 0 Å². The first-order valence-corrected chi connectivity index (χ1v) is 10.1. The molecule has 0 aliphatic heterocycles. The van der Waals surface area contributed by atoms with Gasteiger partial charge in [-0.25, -0.2) is 9.97 Å². The minimum atomic E-state index is -0.328. The van der Waals surface area contributed by atoms with Crippen LogP contribution in [0.2, 0.25) is 0 Å². The molecule has 0 saturated heterocycles. The van der Waals surface area contributed by atoms with E-state index in [1.807, 2.05) is 37.3 Å². The highest BCUT2D eigenvalue weighted by molar-refractivity contribution is 5.99. The first kappa shape index (κ1) is 21.7. The second-order valence-electron chi connectivity index (χ2n) is 7.10. The Morgan fingerprint density at radius 1 is 1.12 bits per heavy atom. The van der Waals surface area contributed by atoms with Gasteiger partial charge in [0.05, 0.1) is 18.4 Å². The van der Waals surface area contributed by atoms with Crippen LogP contribution in [-0.4, -0.2) is 49.8 Å². The van der Waals surface area contributed by atoms with E-state index in [1.165, 1.54) is 6.20 Å². The molecule has 4 rings (SSSR count). The Balaban J connectivity index is 1.73. The van der Waals surface area contributed by atoms with Gasteiger partial charge in [-0.2, -0.15) is 10.1 Å². The van der Waals surface area contributed by atoms with Gasteiger partial charge in [0.1, 0.15) is 17.7 Å². The molecule has 1 aromatic carbocycles. The predicted octanol–water partition coefficient (Wildman–Crippen LogP) is 2.83. The number of aryl methyl sites for hydroxylation is 2. The van der Waals surface area contributed by atoms with Gasteiger partial charge >= 0.3 is 0 Å². The highest BCUT2D eigenvalue weighted by atomic mass is 16.5. The minimum absolute atomic E-state index is 0.275. The van der Waals surface area contributed by atoms with Gasteiger partial charge in [-0.05, 0) is 31.2 Å². The van der Waals surface area contributed by atoms with Crippen molar-refractivity contribution < 1.29 is 9.53 Å². The van der Waals surface area contributed by atoms with Crippen molar-refractivity contribution in [1.82, 2.24) is 35.0 Å². The van der Waals surface area contributed by atoms with Crippen molar-refractivity contribution in [3.05, 3.63) is 60.3 Å². The second-order valence-corrected chi connectivity index (χ2v) is 7.10. The van der Waals surface area contributed by atoms with E-state index in [9.17, 15) is 4.79 Å². The number of nitrogens with zero attached hydrogens (tertiary/aromatic N) is 6. The molecule has 0 radical (unpaired) electrons. The summed E-state index contributed by atoms with van der Waals surface area (Å²) >= 11 is 0. The number of anilines is 4. The Hall–Kier alpha value is -4.54. The lowest BCUT2D eigenvalue weighted by Gasteiger charge is -2.16. The first-order valence-electron chi connectivity index (χ1n) is 10.1. The molecule has 1 amide bonds. The van der Waals surface area contributed by atoms with Gasteiger partial charge in [0.15, 0.2) is 11.6 Å². The Morgan fingerprint density at radius 3 is 2.67 bits per heavy atom. The fraction of sp³-hybridized carbons (Fsp3) is 0.182. The van der Waals surface area contributed by atoms with Crippen molar-refractivity contribution >= 4 is 29.0 Å². The first-order chi connectivity index (χ1) is 16.0. The average Bonchev–Trinajstić information content (AvgIpc) is 3.25. The number of ether oxygens (including phenoxy) is 1. The van der Waals surface area contributed by atoms with Crippen LogP contribution >= 0.6 is 0 Å². The molecular weight excluding hydrogens is 422 g/mol. The number of hydrogen-bond donors (Lipinski definition) is 3. The largest absolute Gasteiger partial charge is 0.494 e. The lowest BCUT2D eigenvalue weighted by molar-refractivity contribution is 0.0963. The number of rotatable bonds is 7. The van der Waals surface area contributed by atoms with Crippen LogP contribution in [0.4, 0.5) is 23.1 Å². The Bertz CT molecular complexity index is 1300. The van der Waals surface area contributed by atoms with Gasteiger partial charge in [0.25, 0.3) is 5.91 Å². The van der Waals surface area contributed by atoms with Gasteiger partial charge in [-0.3, -0.25) is 14.5 Å². The molecule has 4 aromatic rings. The summed E-state index contributed by atoms with van der Waals surface area (Å²) in [5, 5.41) is 13.3. The van der Waals surface area contributed by atoms with Crippen LogP contribution in [0.25, 0.3) is 11.4 Å². The van der Waals surface area contributed by atoms with E-state index in [4.69, 9.17) is 4.74 Å². The van der Waals surface area contributed by atoms with Crippen LogP contribution in [0.3, 0.4) is 0 Å². The molecule has 33 heavy (non-hydrogen) atoms. The number of methoxy groups -OCH3 is 1. The van der Waals surface area contributed by atoms with Crippen LogP contribution < -0.4 is 20.7 Å². The summed E-state index contributed by atoms with van der Waals surface area (Å²) in [6.07, 6.45) is 4.76. The molecule has 0 bridgehead atoms. The smallest absolute Gasteiger partial charge is 0.256 e. The lowest BCUT2D eigenvalue weighted by atomic mass is 10.1. The molecule has 0 aliphatic carbocycles. The number of carbonyl (C=O) groups excluding carboxylic acids is 1. The van der Waals surface area contributed by atoms with E-state index in [1.54, 1.807) is 38.4 Å². The third-order valence-corrected chi connectivity index (χ3v) is 4.73.